The quantitative estimate of drug-likeness (QED) is 0.680. The average molecular weight is 444 g/mol. The lowest BCUT2D eigenvalue weighted by molar-refractivity contribution is -0.131. The predicted octanol–water partition coefficient (Wildman–Crippen LogP) is 4.58. The van der Waals surface area contributed by atoms with Crippen molar-refractivity contribution in [2.45, 2.75) is 39.2 Å². The minimum absolute atomic E-state index is 0.201. The second-order valence-electron chi connectivity index (χ2n) is 8.16. The van der Waals surface area contributed by atoms with Crippen molar-refractivity contribution >= 4 is 34.8 Å². The van der Waals surface area contributed by atoms with Gasteiger partial charge < -0.3 is 19.9 Å². The zero-order valence-corrected chi connectivity index (χ0v) is 19.1. The van der Waals surface area contributed by atoms with Crippen LogP contribution in [-0.4, -0.2) is 48.5 Å². The fourth-order valence-corrected chi connectivity index (χ4v) is 3.73. The van der Waals surface area contributed by atoms with E-state index < -0.39 is 5.60 Å². The Bertz CT molecular complexity index is 910. The summed E-state index contributed by atoms with van der Waals surface area (Å²) >= 11 is 6.23. The fourth-order valence-electron chi connectivity index (χ4n) is 3.56. The maximum absolute atomic E-state index is 13.0. The van der Waals surface area contributed by atoms with Gasteiger partial charge in [-0.25, -0.2) is 0 Å². The van der Waals surface area contributed by atoms with Crippen LogP contribution in [-0.2, 0) is 9.59 Å². The van der Waals surface area contributed by atoms with Crippen LogP contribution in [0.5, 0.6) is 5.75 Å². The molecule has 6 nitrogen and oxygen atoms in total. The lowest BCUT2D eigenvalue weighted by Gasteiger charge is -2.37. The van der Waals surface area contributed by atoms with Crippen molar-refractivity contribution in [3.05, 3.63) is 53.6 Å². The number of rotatable bonds is 7. The highest BCUT2D eigenvalue weighted by molar-refractivity contribution is 6.31. The largest absolute Gasteiger partial charge is 0.478 e. The number of para-hydroxylation sites is 1. The van der Waals surface area contributed by atoms with Gasteiger partial charge in [-0.15, -0.1) is 0 Å². The van der Waals surface area contributed by atoms with Crippen LogP contribution in [0, 0.1) is 0 Å². The summed E-state index contributed by atoms with van der Waals surface area (Å²) in [6.45, 7) is 8.21. The number of nitrogens with one attached hydrogen (secondary N) is 1. The van der Waals surface area contributed by atoms with Crippen LogP contribution in [0.4, 0.5) is 11.4 Å². The molecule has 3 rings (SSSR count). The van der Waals surface area contributed by atoms with Crippen LogP contribution in [0.1, 0.15) is 33.6 Å². The number of hydrogen-bond acceptors (Lipinski definition) is 4. The Morgan fingerprint density at radius 1 is 1.06 bits per heavy atom. The number of carbonyl (C=O) groups is 2. The van der Waals surface area contributed by atoms with E-state index in [2.05, 4.69) is 10.2 Å². The Morgan fingerprint density at radius 3 is 2.39 bits per heavy atom. The van der Waals surface area contributed by atoms with Crippen molar-refractivity contribution in [2.24, 2.45) is 0 Å². The van der Waals surface area contributed by atoms with E-state index in [4.69, 9.17) is 16.3 Å². The summed E-state index contributed by atoms with van der Waals surface area (Å²) in [5.41, 5.74) is 0.443. The average Bonchev–Trinajstić information content (AvgIpc) is 2.74. The third-order valence-electron chi connectivity index (χ3n) is 5.31. The van der Waals surface area contributed by atoms with Gasteiger partial charge in [-0.05, 0) is 50.6 Å². The van der Waals surface area contributed by atoms with Crippen LogP contribution >= 0.6 is 11.6 Å². The SMILES string of the molecule is CCCC(=O)N1CCN(c2ccc(Cl)cc2NC(=O)C(C)(C)Oc2ccccc2)CC1. The molecule has 0 aromatic heterocycles. The van der Waals surface area contributed by atoms with E-state index in [9.17, 15) is 9.59 Å². The lowest BCUT2D eigenvalue weighted by atomic mass is 10.1. The number of amides is 2. The number of ether oxygens (including phenoxy) is 1. The molecule has 1 fully saturated rings. The molecule has 1 aliphatic rings. The second kappa shape index (κ2) is 10.1. The van der Waals surface area contributed by atoms with Crippen molar-refractivity contribution in [1.29, 1.82) is 0 Å². The molecule has 2 aromatic rings. The molecule has 0 bridgehead atoms. The summed E-state index contributed by atoms with van der Waals surface area (Å²) in [4.78, 5) is 29.3. The van der Waals surface area contributed by atoms with Crippen LogP contribution in [0.15, 0.2) is 48.5 Å². The van der Waals surface area contributed by atoms with E-state index >= 15 is 0 Å². The molecule has 0 radical (unpaired) electrons. The van der Waals surface area contributed by atoms with E-state index in [1.165, 1.54) is 0 Å². The van der Waals surface area contributed by atoms with Gasteiger partial charge in [0.2, 0.25) is 5.91 Å². The van der Waals surface area contributed by atoms with E-state index in [1.54, 1.807) is 19.9 Å². The number of halogens is 1. The van der Waals surface area contributed by atoms with Gasteiger partial charge in [0, 0.05) is 37.6 Å². The van der Waals surface area contributed by atoms with E-state index in [1.807, 2.05) is 54.3 Å². The third kappa shape index (κ3) is 5.91. The zero-order valence-electron chi connectivity index (χ0n) is 18.4. The standard InChI is InChI=1S/C24H30ClN3O3/c1-4-8-22(29)28-15-13-27(14-16-28)21-12-11-18(25)17-20(21)26-23(30)24(2,3)31-19-9-6-5-7-10-19/h5-7,9-12,17H,4,8,13-16H2,1-3H3,(H,26,30). The second-order valence-corrected chi connectivity index (χ2v) is 8.60. The number of piperazine rings is 1. The van der Waals surface area contributed by atoms with Crippen LogP contribution < -0.4 is 15.0 Å². The van der Waals surface area contributed by atoms with E-state index in [-0.39, 0.29) is 11.8 Å². The normalized spacial score (nSPS) is 14.3. The summed E-state index contributed by atoms with van der Waals surface area (Å²) < 4.78 is 5.91. The van der Waals surface area contributed by atoms with E-state index in [0.717, 1.165) is 12.1 Å². The molecule has 166 valence electrons. The molecule has 0 aliphatic carbocycles. The molecular formula is C24H30ClN3O3. The van der Waals surface area contributed by atoms with Crippen LogP contribution in [0.2, 0.25) is 5.02 Å². The number of benzene rings is 2. The first-order valence-corrected chi connectivity index (χ1v) is 11.1. The topological polar surface area (TPSA) is 61.9 Å². The molecule has 1 heterocycles. The number of nitrogens with zero attached hydrogens (tertiary/aromatic N) is 2. The van der Waals surface area contributed by atoms with E-state index in [0.29, 0.717) is 49.1 Å². The molecule has 2 amide bonds. The highest BCUT2D eigenvalue weighted by Gasteiger charge is 2.31. The molecule has 0 spiro atoms. The summed E-state index contributed by atoms with van der Waals surface area (Å²) in [6.07, 6.45) is 1.44. The molecule has 2 aromatic carbocycles. The molecule has 0 unspecified atom stereocenters. The van der Waals surface area contributed by atoms with Crippen molar-refractivity contribution in [3.8, 4) is 5.75 Å². The first-order chi connectivity index (χ1) is 14.8. The Balaban J connectivity index is 1.72. The molecule has 7 heteroatoms. The van der Waals surface area contributed by atoms with Gasteiger partial charge in [0.25, 0.3) is 5.91 Å². The van der Waals surface area contributed by atoms with Gasteiger partial charge in [-0.2, -0.15) is 0 Å². The summed E-state index contributed by atoms with van der Waals surface area (Å²) in [7, 11) is 0. The Morgan fingerprint density at radius 2 is 1.74 bits per heavy atom. The molecular weight excluding hydrogens is 414 g/mol. The lowest BCUT2D eigenvalue weighted by Crippen LogP contribution is -2.49. The summed E-state index contributed by atoms with van der Waals surface area (Å²) in [5, 5.41) is 3.53. The molecule has 31 heavy (non-hydrogen) atoms. The zero-order chi connectivity index (χ0) is 22.4. The maximum Gasteiger partial charge on any atom is 0.268 e. The molecule has 1 saturated heterocycles. The predicted molar refractivity (Wildman–Crippen MR) is 125 cm³/mol. The van der Waals surface area contributed by atoms with Gasteiger partial charge in [-0.3, -0.25) is 9.59 Å². The molecule has 1 aliphatic heterocycles. The Kier molecular flexibility index (Phi) is 7.44. The Labute approximate surface area is 189 Å². The van der Waals surface area contributed by atoms with Gasteiger partial charge in [0.15, 0.2) is 5.60 Å². The smallest absolute Gasteiger partial charge is 0.268 e. The minimum Gasteiger partial charge on any atom is -0.478 e. The molecule has 1 N–H and O–H groups in total. The first kappa shape index (κ1) is 22.9. The minimum atomic E-state index is -1.08. The number of carbonyl (C=O) groups excluding carboxylic acids is 2. The van der Waals surface area contributed by atoms with Crippen molar-refractivity contribution < 1.29 is 14.3 Å². The van der Waals surface area contributed by atoms with Crippen molar-refractivity contribution in [3.63, 3.8) is 0 Å². The van der Waals surface area contributed by atoms with Gasteiger partial charge in [0.05, 0.1) is 11.4 Å². The van der Waals surface area contributed by atoms with Gasteiger partial charge in [0.1, 0.15) is 5.75 Å². The molecule has 0 saturated carbocycles. The fraction of sp³-hybridized carbons (Fsp3) is 0.417. The highest BCUT2D eigenvalue weighted by atomic mass is 35.5. The van der Waals surface area contributed by atoms with Crippen molar-refractivity contribution in [1.82, 2.24) is 4.90 Å². The van der Waals surface area contributed by atoms with Crippen molar-refractivity contribution in [2.75, 3.05) is 36.4 Å². The first-order valence-electron chi connectivity index (χ1n) is 10.7. The monoisotopic (exact) mass is 443 g/mol. The maximum atomic E-state index is 13.0. The van der Waals surface area contributed by atoms with Gasteiger partial charge in [-0.1, -0.05) is 36.7 Å². The van der Waals surface area contributed by atoms with Crippen LogP contribution in [0.3, 0.4) is 0 Å². The third-order valence-corrected chi connectivity index (χ3v) is 5.54. The van der Waals surface area contributed by atoms with Crippen LogP contribution in [0.25, 0.3) is 0 Å². The Hall–Kier alpha value is -2.73. The number of hydrogen-bond donors (Lipinski definition) is 1. The number of anilines is 2. The summed E-state index contributed by atoms with van der Waals surface area (Å²) in [5.74, 6) is 0.560. The highest BCUT2D eigenvalue weighted by Crippen LogP contribution is 2.31. The summed E-state index contributed by atoms with van der Waals surface area (Å²) in [6, 6.07) is 14.7. The molecule has 0 atom stereocenters. The van der Waals surface area contributed by atoms with Gasteiger partial charge >= 0.3 is 0 Å².